The molecule has 0 unspecified atom stereocenters. The normalized spacial score (nSPS) is 11.5. The Labute approximate surface area is 60.7 Å². The Morgan fingerprint density at radius 1 is 1.55 bits per heavy atom. The lowest BCUT2D eigenvalue weighted by atomic mass is 10.2. The third-order valence-corrected chi connectivity index (χ3v) is 1.17. The van der Waals surface area contributed by atoms with Gasteiger partial charge in [-0.1, -0.05) is 6.58 Å². The second kappa shape index (κ2) is 2.41. The average Bonchev–Trinajstić information content (AvgIpc) is 2.34. The van der Waals surface area contributed by atoms with Gasteiger partial charge in [0, 0.05) is 6.20 Å². The summed E-state index contributed by atoms with van der Waals surface area (Å²) in [6, 6.07) is 1.22. The van der Waals surface area contributed by atoms with E-state index in [4.69, 9.17) is 0 Å². The molecule has 0 amide bonds. The number of nitrogens with zero attached hydrogens (tertiary/aromatic N) is 1. The molecule has 5 heteroatoms. The summed E-state index contributed by atoms with van der Waals surface area (Å²) in [6.45, 7) is 2.87. The van der Waals surface area contributed by atoms with Gasteiger partial charge in [-0.2, -0.15) is 18.3 Å². The van der Waals surface area contributed by atoms with Gasteiger partial charge < -0.3 is 0 Å². The minimum Gasteiger partial charge on any atom is -0.278 e. The van der Waals surface area contributed by atoms with Gasteiger partial charge in [0.15, 0.2) is 0 Å². The van der Waals surface area contributed by atoms with Crippen molar-refractivity contribution in [2.24, 2.45) is 0 Å². The Morgan fingerprint density at radius 2 is 2.18 bits per heavy atom. The summed E-state index contributed by atoms with van der Waals surface area (Å²) in [7, 11) is 0. The fraction of sp³-hybridized carbons (Fsp3) is 0.167. The molecule has 0 aliphatic rings. The first kappa shape index (κ1) is 7.84. The predicted octanol–water partition coefficient (Wildman–Crippen LogP) is 1.99. The summed E-state index contributed by atoms with van der Waals surface area (Å²) < 4.78 is 35.6. The zero-order valence-corrected chi connectivity index (χ0v) is 5.44. The number of nitrogens with one attached hydrogen (secondary N) is 1. The van der Waals surface area contributed by atoms with Gasteiger partial charge in [-0.05, 0) is 6.07 Å². The molecule has 0 fully saturated rings. The number of aromatic nitrogens is 2. The second-order valence-electron chi connectivity index (χ2n) is 1.95. The van der Waals surface area contributed by atoms with Crippen molar-refractivity contribution in [2.75, 3.05) is 0 Å². The lowest BCUT2D eigenvalue weighted by Crippen LogP contribution is -2.09. The van der Waals surface area contributed by atoms with Gasteiger partial charge in [-0.3, -0.25) is 5.10 Å². The maximum absolute atomic E-state index is 11.9. The topological polar surface area (TPSA) is 28.7 Å². The fourth-order valence-corrected chi connectivity index (χ4v) is 0.577. The maximum Gasteiger partial charge on any atom is 0.417 e. The van der Waals surface area contributed by atoms with Crippen LogP contribution >= 0.6 is 0 Å². The van der Waals surface area contributed by atoms with Crippen LogP contribution in [0.3, 0.4) is 0 Å². The highest BCUT2D eigenvalue weighted by molar-refractivity contribution is 5.63. The number of allylic oxidation sites excluding steroid dienone is 1. The molecule has 0 saturated heterocycles. The molecule has 1 aromatic rings. The molecule has 1 aromatic heterocycles. The van der Waals surface area contributed by atoms with Crippen molar-refractivity contribution in [1.82, 2.24) is 10.2 Å². The van der Waals surface area contributed by atoms with Gasteiger partial charge in [0.05, 0.1) is 11.3 Å². The van der Waals surface area contributed by atoms with Gasteiger partial charge in [0.1, 0.15) is 0 Å². The van der Waals surface area contributed by atoms with E-state index in [2.05, 4.69) is 16.8 Å². The van der Waals surface area contributed by atoms with Crippen LogP contribution in [0.15, 0.2) is 18.8 Å². The lowest BCUT2D eigenvalue weighted by Gasteiger charge is -2.06. The first-order valence-corrected chi connectivity index (χ1v) is 2.77. The highest BCUT2D eigenvalue weighted by Crippen LogP contribution is 2.30. The monoisotopic (exact) mass is 162 g/mol. The van der Waals surface area contributed by atoms with Crippen molar-refractivity contribution in [1.29, 1.82) is 0 Å². The molecule has 1 rings (SSSR count). The van der Waals surface area contributed by atoms with Gasteiger partial charge >= 0.3 is 6.18 Å². The Bertz CT molecular complexity index is 247. The zero-order valence-electron chi connectivity index (χ0n) is 5.44. The van der Waals surface area contributed by atoms with E-state index in [0.717, 1.165) is 0 Å². The van der Waals surface area contributed by atoms with Crippen molar-refractivity contribution in [2.45, 2.75) is 6.18 Å². The predicted molar refractivity (Wildman–Crippen MR) is 33.7 cm³/mol. The molecule has 0 aliphatic carbocycles. The summed E-state index contributed by atoms with van der Waals surface area (Å²) in [5, 5.41) is 5.54. The summed E-state index contributed by atoms with van der Waals surface area (Å²) in [4.78, 5) is 0. The smallest absolute Gasteiger partial charge is 0.278 e. The highest BCUT2D eigenvalue weighted by Gasteiger charge is 2.33. The SMILES string of the molecule is C=C(c1ccn[nH]1)C(F)(F)F. The summed E-state index contributed by atoms with van der Waals surface area (Å²) >= 11 is 0. The van der Waals surface area contributed by atoms with Gasteiger partial charge in [-0.15, -0.1) is 0 Å². The number of alkyl halides is 3. The van der Waals surface area contributed by atoms with Crippen molar-refractivity contribution in [3.05, 3.63) is 24.5 Å². The molecule has 0 radical (unpaired) electrons. The van der Waals surface area contributed by atoms with Crippen LogP contribution in [0.4, 0.5) is 13.2 Å². The van der Waals surface area contributed by atoms with E-state index in [-0.39, 0.29) is 5.69 Å². The molecule has 11 heavy (non-hydrogen) atoms. The Hall–Kier alpha value is -1.26. The first-order valence-electron chi connectivity index (χ1n) is 2.77. The molecular weight excluding hydrogens is 157 g/mol. The number of H-pyrrole nitrogens is 1. The summed E-state index contributed by atoms with van der Waals surface area (Å²) in [6.07, 6.45) is -3.14. The van der Waals surface area contributed by atoms with Crippen LogP contribution < -0.4 is 0 Å². The molecule has 0 spiro atoms. The van der Waals surface area contributed by atoms with Crippen LogP contribution in [0.25, 0.3) is 5.57 Å². The van der Waals surface area contributed by atoms with Crippen molar-refractivity contribution in [3.8, 4) is 0 Å². The van der Waals surface area contributed by atoms with Crippen LogP contribution in [-0.4, -0.2) is 16.4 Å². The van der Waals surface area contributed by atoms with Crippen molar-refractivity contribution < 1.29 is 13.2 Å². The van der Waals surface area contributed by atoms with E-state index in [1.807, 2.05) is 0 Å². The van der Waals surface area contributed by atoms with Gasteiger partial charge in [-0.25, -0.2) is 0 Å². The van der Waals surface area contributed by atoms with E-state index in [0.29, 0.717) is 0 Å². The number of hydrogen-bond donors (Lipinski definition) is 1. The zero-order chi connectivity index (χ0) is 8.48. The fourth-order valence-electron chi connectivity index (χ4n) is 0.577. The summed E-state index contributed by atoms with van der Waals surface area (Å²) in [5.41, 5.74) is -1.01. The molecule has 1 N–H and O–H groups in total. The average molecular weight is 162 g/mol. The third-order valence-electron chi connectivity index (χ3n) is 1.17. The maximum atomic E-state index is 11.9. The van der Waals surface area contributed by atoms with E-state index in [9.17, 15) is 13.2 Å². The molecule has 0 aliphatic heterocycles. The van der Waals surface area contributed by atoms with E-state index < -0.39 is 11.7 Å². The largest absolute Gasteiger partial charge is 0.417 e. The third kappa shape index (κ3) is 1.60. The van der Waals surface area contributed by atoms with Crippen LogP contribution in [-0.2, 0) is 0 Å². The Morgan fingerprint density at radius 3 is 2.55 bits per heavy atom. The number of aromatic amines is 1. The van der Waals surface area contributed by atoms with E-state index >= 15 is 0 Å². The van der Waals surface area contributed by atoms with Crippen LogP contribution in [0.2, 0.25) is 0 Å². The number of rotatable bonds is 1. The van der Waals surface area contributed by atoms with Gasteiger partial charge in [0.2, 0.25) is 0 Å². The molecule has 0 bridgehead atoms. The van der Waals surface area contributed by atoms with Crippen molar-refractivity contribution in [3.63, 3.8) is 0 Å². The van der Waals surface area contributed by atoms with Crippen LogP contribution in [0.5, 0.6) is 0 Å². The molecule has 0 saturated carbocycles. The molecule has 0 atom stereocenters. The van der Waals surface area contributed by atoms with E-state index in [1.165, 1.54) is 12.3 Å². The molecular formula is C6H5F3N2. The minimum atomic E-state index is -4.38. The first-order chi connectivity index (χ1) is 5.02. The standard InChI is InChI=1S/C6H5F3N2/c1-4(6(7,8)9)5-2-3-10-11-5/h2-3H,1H2,(H,10,11). The molecule has 60 valence electrons. The highest BCUT2D eigenvalue weighted by atomic mass is 19.4. The molecule has 0 aromatic carbocycles. The molecule has 2 nitrogen and oxygen atoms in total. The van der Waals surface area contributed by atoms with Crippen molar-refractivity contribution >= 4 is 5.57 Å². The van der Waals surface area contributed by atoms with E-state index in [1.54, 1.807) is 0 Å². The van der Waals surface area contributed by atoms with Gasteiger partial charge in [0.25, 0.3) is 0 Å². The Balaban J connectivity index is 2.88. The lowest BCUT2D eigenvalue weighted by molar-refractivity contribution is -0.0688. The molecule has 1 heterocycles. The summed E-state index contributed by atoms with van der Waals surface area (Å²) in [5.74, 6) is 0. The number of hydrogen-bond acceptors (Lipinski definition) is 1. The van der Waals surface area contributed by atoms with Crippen LogP contribution in [0, 0.1) is 0 Å². The van der Waals surface area contributed by atoms with Crippen LogP contribution in [0.1, 0.15) is 5.69 Å². The second-order valence-corrected chi connectivity index (χ2v) is 1.95. The quantitative estimate of drug-likeness (QED) is 0.672. The minimum absolute atomic E-state index is 0.0995. The Kier molecular flexibility index (Phi) is 1.72. The number of halogens is 3.